The lowest BCUT2D eigenvalue weighted by atomic mass is 9.92. The molecule has 0 aliphatic carbocycles. The molecule has 192 valence electrons. The van der Waals surface area contributed by atoms with Crippen LogP contribution in [0.5, 0.6) is 11.5 Å². The predicted octanol–water partition coefficient (Wildman–Crippen LogP) is 5.33. The van der Waals surface area contributed by atoms with Crippen molar-refractivity contribution in [1.29, 1.82) is 0 Å². The Morgan fingerprint density at radius 2 is 1.75 bits per heavy atom. The minimum absolute atomic E-state index is 0.126. The second kappa shape index (κ2) is 11.5. The summed E-state index contributed by atoms with van der Waals surface area (Å²) >= 11 is 6.05. The van der Waals surface area contributed by atoms with Gasteiger partial charge < -0.3 is 19.7 Å². The zero-order valence-electron chi connectivity index (χ0n) is 21.6. The molecule has 0 aliphatic rings. The number of ether oxygens (including phenoxy) is 2. The summed E-state index contributed by atoms with van der Waals surface area (Å²) in [5, 5.41) is 8.27. The Morgan fingerprint density at radius 3 is 2.33 bits per heavy atom. The molecule has 9 heteroatoms. The van der Waals surface area contributed by atoms with Crippen molar-refractivity contribution in [3.63, 3.8) is 0 Å². The number of halogens is 1. The number of hydrogen-bond acceptors (Lipinski definition) is 5. The van der Waals surface area contributed by atoms with E-state index in [9.17, 15) is 9.59 Å². The molecule has 0 spiro atoms. The summed E-state index contributed by atoms with van der Waals surface area (Å²) in [4.78, 5) is 28.0. The molecule has 1 N–H and O–H groups in total. The average Bonchev–Trinajstić information content (AvgIpc) is 3.27. The molecule has 0 atom stereocenters. The van der Waals surface area contributed by atoms with Crippen LogP contribution in [0.3, 0.4) is 0 Å². The highest BCUT2D eigenvalue weighted by molar-refractivity contribution is 6.30. The number of aromatic nitrogens is 2. The first-order chi connectivity index (χ1) is 17.1. The number of carbonyl (C=O) groups excluding carboxylic acids is 2. The maximum Gasteiger partial charge on any atom is 0.258 e. The molecule has 0 saturated heterocycles. The van der Waals surface area contributed by atoms with Crippen LogP contribution >= 0.6 is 11.6 Å². The van der Waals surface area contributed by atoms with Crippen molar-refractivity contribution in [2.75, 3.05) is 32.6 Å². The maximum absolute atomic E-state index is 13.4. The number of amides is 2. The van der Waals surface area contributed by atoms with E-state index in [1.807, 2.05) is 25.1 Å². The van der Waals surface area contributed by atoms with E-state index in [-0.39, 0.29) is 23.8 Å². The van der Waals surface area contributed by atoms with Crippen molar-refractivity contribution in [2.45, 2.75) is 39.5 Å². The SMILES string of the molecule is CCCN(CC(=O)Nc1cc(C(C)(C)C)nn1-c1ccc(Cl)cc1)C(=O)c1ccc(OC)cc1OC. The fourth-order valence-electron chi connectivity index (χ4n) is 3.64. The number of rotatable bonds is 9. The van der Waals surface area contributed by atoms with Gasteiger partial charge in [0, 0.05) is 29.1 Å². The highest BCUT2D eigenvalue weighted by Crippen LogP contribution is 2.28. The zero-order valence-corrected chi connectivity index (χ0v) is 22.3. The van der Waals surface area contributed by atoms with Gasteiger partial charge in [0.25, 0.3) is 5.91 Å². The normalized spacial score (nSPS) is 11.2. The van der Waals surface area contributed by atoms with Crippen molar-refractivity contribution in [3.05, 3.63) is 64.8 Å². The van der Waals surface area contributed by atoms with Gasteiger partial charge in [-0.25, -0.2) is 4.68 Å². The highest BCUT2D eigenvalue weighted by atomic mass is 35.5. The summed E-state index contributed by atoms with van der Waals surface area (Å²) < 4.78 is 12.3. The van der Waals surface area contributed by atoms with Crippen LogP contribution in [-0.4, -0.2) is 53.8 Å². The van der Waals surface area contributed by atoms with Crippen molar-refractivity contribution < 1.29 is 19.1 Å². The summed E-state index contributed by atoms with van der Waals surface area (Å²) in [6, 6.07) is 14.0. The number of carbonyl (C=O) groups is 2. The van der Waals surface area contributed by atoms with Crippen LogP contribution < -0.4 is 14.8 Å². The van der Waals surface area contributed by atoms with Gasteiger partial charge in [-0.1, -0.05) is 39.3 Å². The zero-order chi connectivity index (χ0) is 26.5. The Kier molecular flexibility index (Phi) is 8.63. The Morgan fingerprint density at radius 1 is 1.06 bits per heavy atom. The molecule has 0 radical (unpaired) electrons. The number of anilines is 1. The van der Waals surface area contributed by atoms with Gasteiger partial charge in [0.15, 0.2) is 0 Å². The van der Waals surface area contributed by atoms with E-state index >= 15 is 0 Å². The Balaban J connectivity index is 1.87. The third kappa shape index (κ3) is 6.37. The van der Waals surface area contributed by atoms with Crippen LogP contribution in [0.1, 0.15) is 50.2 Å². The molecule has 2 amide bonds. The lowest BCUT2D eigenvalue weighted by Crippen LogP contribution is -2.39. The van der Waals surface area contributed by atoms with E-state index < -0.39 is 0 Å². The monoisotopic (exact) mass is 512 g/mol. The largest absolute Gasteiger partial charge is 0.497 e. The van der Waals surface area contributed by atoms with Crippen LogP contribution in [0.15, 0.2) is 48.5 Å². The second-order valence-electron chi connectivity index (χ2n) is 9.39. The van der Waals surface area contributed by atoms with E-state index in [0.717, 1.165) is 11.4 Å². The third-order valence-electron chi connectivity index (χ3n) is 5.57. The van der Waals surface area contributed by atoms with Crippen molar-refractivity contribution in [2.24, 2.45) is 0 Å². The van der Waals surface area contributed by atoms with Crippen LogP contribution in [-0.2, 0) is 10.2 Å². The fraction of sp³-hybridized carbons (Fsp3) is 0.370. The molecule has 1 heterocycles. The van der Waals surface area contributed by atoms with Gasteiger partial charge in [-0.2, -0.15) is 5.10 Å². The summed E-state index contributed by atoms with van der Waals surface area (Å²) in [7, 11) is 3.04. The standard InChI is InChI=1S/C27H33ClN4O4/c1-7-14-31(26(34)21-13-12-20(35-5)15-22(21)36-6)17-25(33)29-24-16-23(27(2,3)4)30-32(24)19-10-8-18(28)9-11-19/h8-13,15-16H,7,14,17H2,1-6H3,(H,29,33). The van der Waals surface area contributed by atoms with Gasteiger partial charge in [0.1, 0.15) is 23.9 Å². The highest BCUT2D eigenvalue weighted by Gasteiger charge is 2.25. The number of benzene rings is 2. The number of methoxy groups -OCH3 is 2. The van der Waals surface area contributed by atoms with Gasteiger partial charge in [0.2, 0.25) is 5.91 Å². The summed E-state index contributed by atoms with van der Waals surface area (Å²) in [5.74, 6) is 0.843. The Labute approximate surface area is 217 Å². The fourth-order valence-corrected chi connectivity index (χ4v) is 3.77. The molecule has 36 heavy (non-hydrogen) atoms. The number of nitrogens with zero attached hydrogens (tertiary/aromatic N) is 3. The number of nitrogens with one attached hydrogen (secondary N) is 1. The van der Waals surface area contributed by atoms with E-state index in [1.165, 1.54) is 12.0 Å². The van der Waals surface area contributed by atoms with E-state index in [0.29, 0.717) is 40.9 Å². The lowest BCUT2D eigenvalue weighted by Gasteiger charge is -2.23. The molecule has 8 nitrogen and oxygen atoms in total. The van der Waals surface area contributed by atoms with Crippen molar-refractivity contribution in [3.8, 4) is 17.2 Å². The minimum atomic E-state index is -0.333. The molecule has 0 aliphatic heterocycles. The van der Waals surface area contributed by atoms with Gasteiger partial charge in [-0.05, 0) is 42.8 Å². The van der Waals surface area contributed by atoms with Gasteiger partial charge >= 0.3 is 0 Å². The van der Waals surface area contributed by atoms with Crippen molar-refractivity contribution >= 4 is 29.2 Å². The predicted molar refractivity (Wildman–Crippen MR) is 142 cm³/mol. The molecule has 3 rings (SSSR count). The third-order valence-corrected chi connectivity index (χ3v) is 5.82. The Bertz CT molecular complexity index is 1220. The van der Waals surface area contributed by atoms with E-state index in [1.54, 1.807) is 42.1 Å². The van der Waals surface area contributed by atoms with Gasteiger partial charge in [-0.15, -0.1) is 0 Å². The molecule has 0 fully saturated rings. The summed E-state index contributed by atoms with van der Waals surface area (Å²) in [6.07, 6.45) is 0.689. The van der Waals surface area contributed by atoms with Crippen LogP contribution in [0.4, 0.5) is 5.82 Å². The first-order valence-corrected chi connectivity index (χ1v) is 12.1. The molecule has 0 saturated carbocycles. The Hall–Kier alpha value is -3.52. The van der Waals surface area contributed by atoms with E-state index in [4.69, 9.17) is 26.2 Å². The quantitative estimate of drug-likeness (QED) is 0.418. The topological polar surface area (TPSA) is 85.7 Å². The lowest BCUT2D eigenvalue weighted by molar-refractivity contribution is -0.116. The van der Waals surface area contributed by atoms with Gasteiger partial charge in [-0.3, -0.25) is 9.59 Å². The summed E-state index contributed by atoms with van der Waals surface area (Å²) in [5.41, 5.74) is 1.71. The molecule has 1 aromatic heterocycles. The smallest absolute Gasteiger partial charge is 0.258 e. The minimum Gasteiger partial charge on any atom is -0.497 e. The number of hydrogen-bond donors (Lipinski definition) is 1. The van der Waals surface area contributed by atoms with E-state index in [2.05, 4.69) is 26.1 Å². The van der Waals surface area contributed by atoms with Crippen molar-refractivity contribution in [1.82, 2.24) is 14.7 Å². The molecule has 3 aromatic rings. The first-order valence-electron chi connectivity index (χ1n) is 11.7. The molecular weight excluding hydrogens is 480 g/mol. The summed E-state index contributed by atoms with van der Waals surface area (Å²) in [6.45, 7) is 8.39. The molecular formula is C27H33ClN4O4. The van der Waals surface area contributed by atoms with Crippen LogP contribution in [0, 0.1) is 0 Å². The second-order valence-corrected chi connectivity index (χ2v) is 9.83. The molecule has 2 aromatic carbocycles. The van der Waals surface area contributed by atoms with Gasteiger partial charge in [0.05, 0.1) is 31.2 Å². The van der Waals surface area contributed by atoms with Crippen LogP contribution in [0.25, 0.3) is 5.69 Å². The average molecular weight is 513 g/mol. The van der Waals surface area contributed by atoms with Crippen LogP contribution in [0.2, 0.25) is 5.02 Å². The maximum atomic E-state index is 13.4. The first kappa shape index (κ1) is 27.1. The molecule has 0 unspecified atom stereocenters. The molecule has 0 bridgehead atoms.